The summed E-state index contributed by atoms with van der Waals surface area (Å²) in [6, 6.07) is 3.67. The van der Waals surface area contributed by atoms with Gasteiger partial charge in [-0.15, -0.1) is 0 Å². The molecule has 0 bridgehead atoms. The normalized spacial score (nSPS) is 16.0. The lowest BCUT2D eigenvalue weighted by atomic mass is 10.0. The number of rotatable bonds is 5. The Labute approximate surface area is 148 Å². The number of morpholine rings is 1. The fraction of sp³-hybridized carbons (Fsp3) is 0.500. The first kappa shape index (κ1) is 17.6. The summed E-state index contributed by atoms with van der Waals surface area (Å²) in [5, 5.41) is 6.71. The molecule has 25 heavy (non-hydrogen) atoms. The molecular weight excluding hydrogens is 318 g/mol. The molecular formula is C18H25N5O2. The minimum absolute atomic E-state index is 0.0722. The van der Waals surface area contributed by atoms with Crippen LogP contribution in [0.25, 0.3) is 11.1 Å². The van der Waals surface area contributed by atoms with E-state index in [0.717, 1.165) is 44.0 Å². The molecule has 0 atom stereocenters. The van der Waals surface area contributed by atoms with E-state index in [1.165, 1.54) is 0 Å². The Balaban J connectivity index is 1.68. The highest BCUT2D eigenvalue weighted by Gasteiger charge is 2.31. The number of ether oxygens (including phenoxy) is 1. The maximum atomic E-state index is 12.8. The van der Waals surface area contributed by atoms with Gasteiger partial charge in [-0.2, -0.15) is 5.10 Å². The molecule has 3 rings (SSSR count). The van der Waals surface area contributed by atoms with Gasteiger partial charge in [-0.1, -0.05) is 6.07 Å². The summed E-state index contributed by atoms with van der Waals surface area (Å²) in [5.74, 6) is -0.0722. The lowest BCUT2D eigenvalue weighted by molar-refractivity contribution is 0.0103. The molecule has 7 heteroatoms. The molecule has 3 heterocycles. The maximum absolute atomic E-state index is 12.8. The van der Waals surface area contributed by atoms with Gasteiger partial charge in [0.15, 0.2) is 0 Å². The molecule has 0 aromatic carbocycles. The lowest BCUT2D eigenvalue weighted by Gasteiger charge is -2.40. The van der Waals surface area contributed by atoms with Gasteiger partial charge in [0.05, 0.1) is 19.4 Å². The van der Waals surface area contributed by atoms with Gasteiger partial charge in [-0.05, 0) is 19.9 Å². The zero-order valence-corrected chi connectivity index (χ0v) is 15.0. The van der Waals surface area contributed by atoms with Crippen molar-refractivity contribution in [3.63, 3.8) is 0 Å². The van der Waals surface area contributed by atoms with E-state index in [1.807, 2.05) is 13.1 Å². The Bertz CT molecular complexity index is 691. The third kappa shape index (κ3) is 4.05. The molecule has 1 aliphatic rings. The molecule has 1 fully saturated rings. The van der Waals surface area contributed by atoms with Gasteiger partial charge in [-0.25, -0.2) is 0 Å². The van der Waals surface area contributed by atoms with Crippen LogP contribution in [0.1, 0.15) is 24.3 Å². The van der Waals surface area contributed by atoms with Crippen molar-refractivity contribution in [2.24, 2.45) is 0 Å². The Morgan fingerprint density at radius 1 is 1.28 bits per heavy atom. The summed E-state index contributed by atoms with van der Waals surface area (Å²) in [6.07, 6.45) is 5.24. The van der Waals surface area contributed by atoms with Crippen LogP contribution >= 0.6 is 0 Å². The highest BCUT2D eigenvalue weighted by Crippen LogP contribution is 2.20. The SMILES string of the molecule is CN(C(=O)c1ccc(-c2cn[nH]c2)cn1)C(C)(C)CN1CCOCC1. The first-order valence-electron chi connectivity index (χ1n) is 8.51. The molecule has 0 aliphatic carbocycles. The zero-order valence-electron chi connectivity index (χ0n) is 15.0. The molecule has 7 nitrogen and oxygen atoms in total. The van der Waals surface area contributed by atoms with Crippen molar-refractivity contribution in [2.45, 2.75) is 19.4 Å². The van der Waals surface area contributed by atoms with Crippen molar-refractivity contribution in [2.75, 3.05) is 39.9 Å². The molecule has 134 valence electrons. The summed E-state index contributed by atoms with van der Waals surface area (Å²) >= 11 is 0. The largest absolute Gasteiger partial charge is 0.379 e. The van der Waals surface area contributed by atoms with Gasteiger partial charge < -0.3 is 9.64 Å². The van der Waals surface area contributed by atoms with E-state index in [1.54, 1.807) is 29.6 Å². The van der Waals surface area contributed by atoms with Crippen LogP contribution in [0.5, 0.6) is 0 Å². The second-order valence-electron chi connectivity index (χ2n) is 6.98. The molecule has 1 amide bonds. The number of H-pyrrole nitrogens is 1. The molecule has 1 saturated heterocycles. The number of nitrogens with zero attached hydrogens (tertiary/aromatic N) is 4. The van der Waals surface area contributed by atoms with Crippen LogP contribution in [-0.4, -0.2) is 76.3 Å². The van der Waals surface area contributed by atoms with Crippen LogP contribution in [-0.2, 0) is 4.74 Å². The zero-order chi connectivity index (χ0) is 17.9. The topological polar surface area (TPSA) is 74.4 Å². The van der Waals surface area contributed by atoms with E-state index < -0.39 is 0 Å². The summed E-state index contributed by atoms with van der Waals surface area (Å²) in [6.45, 7) is 8.30. The standard InChI is InChI=1S/C18H25N5O2/c1-18(2,13-23-6-8-25-9-7-23)22(3)17(24)16-5-4-14(10-19-16)15-11-20-21-12-15/h4-5,10-12H,6-9,13H2,1-3H3,(H,20,21). The predicted octanol–water partition coefficient (Wildman–Crippen LogP) is 1.65. The Hall–Kier alpha value is -2.25. The van der Waals surface area contributed by atoms with Crippen LogP contribution in [0.15, 0.2) is 30.7 Å². The number of amides is 1. The van der Waals surface area contributed by atoms with E-state index in [0.29, 0.717) is 5.69 Å². The van der Waals surface area contributed by atoms with Crippen molar-refractivity contribution in [1.82, 2.24) is 25.0 Å². The van der Waals surface area contributed by atoms with Gasteiger partial charge in [0, 0.05) is 55.7 Å². The predicted molar refractivity (Wildman–Crippen MR) is 95.3 cm³/mol. The third-order valence-corrected chi connectivity index (χ3v) is 4.74. The second-order valence-corrected chi connectivity index (χ2v) is 6.98. The molecule has 0 unspecified atom stereocenters. The van der Waals surface area contributed by atoms with Crippen LogP contribution in [0.3, 0.4) is 0 Å². The summed E-state index contributed by atoms with van der Waals surface area (Å²) in [7, 11) is 1.84. The highest BCUT2D eigenvalue weighted by molar-refractivity contribution is 5.93. The molecule has 2 aromatic heterocycles. The van der Waals surface area contributed by atoms with Crippen LogP contribution in [0.4, 0.5) is 0 Å². The van der Waals surface area contributed by atoms with E-state index in [4.69, 9.17) is 4.74 Å². The third-order valence-electron chi connectivity index (χ3n) is 4.74. The first-order valence-corrected chi connectivity index (χ1v) is 8.51. The average Bonchev–Trinajstić information content (AvgIpc) is 3.16. The fourth-order valence-corrected chi connectivity index (χ4v) is 2.96. The second kappa shape index (κ2) is 7.33. The van der Waals surface area contributed by atoms with Crippen molar-refractivity contribution in [3.05, 3.63) is 36.4 Å². The minimum atomic E-state index is -0.292. The molecule has 0 radical (unpaired) electrons. The molecule has 1 N–H and O–H groups in total. The molecule has 1 aliphatic heterocycles. The monoisotopic (exact) mass is 343 g/mol. The van der Waals surface area contributed by atoms with Crippen LogP contribution < -0.4 is 0 Å². The van der Waals surface area contributed by atoms with Gasteiger partial charge >= 0.3 is 0 Å². The fourth-order valence-electron chi connectivity index (χ4n) is 2.96. The quantitative estimate of drug-likeness (QED) is 0.894. The first-order chi connectivity index (χ1) is 12.0. The van der Waals surface area contributed by atoms with Gasteiger partial charge in [0.1, 0.15) is 5.69 Å². The summed E-state index contributed by atoms with van der Waals surface area (Å²) < 4.78 is 5.39. The lowest BCUT2D eigenvalue weighted by Crippen LogP contribution is -2.54. The smallest absolute Gasteiger partial charge is 0.272 e. The van der Waals surface area contributed by atoms with Crippen molar-refractivity contribution >= 4 is 5.91 Å². The van der Waals surface area contributed by atoms with Gasteiger partial charge in [0.25, 0.3) is 5.91 Å². The van der Waals surface area contributed by atoms with Crippen LogP contribution in [0.2, 0.25) is 0 Å². The minimum Gasteiger partial charge on any atom is -0.379 e. The number of carbonyl (C=O) groups is 1. The van der Waals surface area contributed by atoms with Crippen molar-refractivity contribution < 1.29 is 9.53 Å². The van der Waals surface area contributed by atoms with E-state index in [-0.39, 0.29) is 11.4 Å². The number of pyridine rings is 1. The number of hydrogen-bond acceptors (Lipinski definition) is 5. The Morgan fingerprint density at radius 2 is 2.04 bits per heavy atom. The Kier molecular flexibility index (Phi) is 5.15. The number of aromatic amines is 1. The van der Waals surface area contributed by atoms with Crippen molar-refractivity contribution in [3.8, 4) is 11.1 Å². The van der Waals surface area contributed by atoms with Gasteiger partial charge in [-0.3, -0.25) is 19.8 Å². The highest BCUT2D eigenvalue weighted by atomic mass is 16.5. The maximum Gasteiger partial charge on any atom is 0.272 e. The number of aromatic nitrogens is 3. The molecule has 0 saturated carbocycles. The number of likely N-dealkylation sites (N-methyl/N-ethyl adjacent to an activating group) is 1. The van der Waals surface area contributed by atoms with E-state index >= 15 is 0 Å². The molecule has 2 aromatic rings. The number of carbonyl (C=O) groups excluding carboxylic acids is 1. The molecule has 0 spiro atoms. The number of hydrogen-bond donors (Lipinski definition) is 1. The van der Waals surface area contributed by atoms with E-state index in [9.17, 15) is 4.79 Å². The summed E-state index contributed by atoms with van der Waals surface area (Å²) in [5.41, 5.74) is 2.04. The average molecular weight is 343 g/mol. The van der Waals surface area contributed by atoms with Crippen molar-refractivity contribution in [1.29, 1.82) is 0 Å². The Morgan fingerprint density at radius 3 is 2.64 bits per heavy atom. The van der Waals surface area contributed by atoms with Crippen LogP contribution in [0, 0.1) is 0 Å². The number of nitrogens with one attached hydrogen (secondary N) is 1. The van der Waals surface area contributed by atoms with E-state index in [2.05, 4.69) is 33.9 Å². The van der Waals surface area contributed by atoms with Gasteiger partial charge in [0.2, 0.25) is 0 Å². The summed E-state index contributed by atoms with van der Waals surface area (Å²) in [4.78, 5) is 21.3.